The van der Waals surface area contributed by atoms with Crippen LogP contribution in [-0.4, -0.2) is 34.0 Å². The predicted molar refractivity (Wildman–Crippen MR) is 52.6 cm³/mol. The quantitative estimate of drug-likeness (QED) is 0.605. The molecule has 0 heterocycles. The van der Waals surface area contributed by atoms with E-state index in [0.717, 1.165) is 19.3 Å². The van der Waals surface area contributed by atoms with Crippen LogP contribution in [0.25, 0.3) is 0 Å². The molecule has 3 nitrogen and oxygen atoms in total. The fourth-order valence-corrected chi connectivity index (χ4v) is 1.35. The lowest BCUT2D eigenvalue weighted by atomic mass is 9.80. The minimum absolute atomic E-state index is 0.0112. The van der Waals surface area contributed by atoms with E-state index in [-0.39, 0.29) is 6.04 Å². The molecule has 0 saturated heterocycles. The highest BCUT2D eigenvalue weighted by Gasteiger charge is 2.35. The Bertz CT molecular complexity index is 170. The van der Waals surface area contributed by atoms with Gasteiger partial charge in [-0.15, -0.1) is 0 Å². The van der Waals surface area contributed by atoms with E-state index in [0.29, 0.717) is 6.54 Å². The Kier molecular flexibility index (Phi) is 3.00. The second-order valence-electron chi connectivity index (χ2n) is 4.83. The van der Waals surface area contributed by atoms with Crippen LogP contribution in [-0.2, 0) is 0 Å². The maximum Gasteiger partial charge on any atom is 0.0771 e. The molecule has 1 aliphatic rings. The third kappa shape index (κ3) is 2.93. The summed E-state index contributed by atoms with van der Waals surface area (Å²) in [5.41, 5.74) is -1.22. The van der Waals surface area contributed by atoms with Crippen LogP contribution in [0.1, 0.15) is 40.0 Å². The van der Waals surface area contributed by atoms with Crippen molar-refractivity contribution in [2.24, 2.45) is 0 Å². The standard InChI is InChI=1S/C10H21NO2/c1-8(9(2,3)12)11-7-10(13)5-4-6-10/h8,11-13H,4-7H2,1-3H3. The highest BCUT2D eigenvalue weighted by atomic mass is 16.3. The molecule has 3 heteroatoms. The van der Waals surface area contributed by atoms with Crippen molar-refractivity contribution in [1.82, 2.24) is 5.32 Å². The minimum Gasteiger partial charge on any atom is -0.389 e. The van der Waals surface area contributed by atoms with Gasteiger partial charge in [0.05, 0.1) is 11.2 Å². The van der Waals surface area contributed by atoms with E-state index < -0.39 is 11.2 Å². The van der Waals surface area contributed by atoms with Crippen molar-refractivity contribution in [2.45, 2.75) is 57.3 Å². The molecule has 0 aromatic carbocycles. The van der Waals surface area contributed by atoms with Gasteiger partial charge in [0.2, 0.25) is 0 Å². The summed E-state index contributed by atoms with van der Waals surface area (Å²) in [6.07, 6.45) is 2.90. The van der Waals surface area contributed by atoms with Crippen molar-refractivity contribution in [3.63, 3.8) is 0 Å². The van der Waals surface area contributed by atoms with Gasteiger partial charge in [-0.3, -0.25) is 0 Å². The number of rotatable bonds is 4. The molecule has 0 aromatic heterocycles. The zero-order valence-electron chi connectivity index (χ0n) is 8.80. The molecule has 1 rings (SSSR count). The summed E-state index contributed by atoms with van der Waals surface area (Å²) in [5, 5.41) is 22.6. The largest absolute Gasteiger partial charge is 0.389 e. The molecule has 0 aromatic rings. The van der Waals surface area contributed by atoms with Crippen molar-refractivity contribution in [3.8, 4) is 0 Å². The molecule has 0 radical (unpaired) electrons. The van der Waals surface area contributed by atoms with E-state index in [1.807, 2.05) is 6.92 Å². The van der Waals surface area contributed by atoms with Gasteiger partial charge in [-0.25, -0.2) is 0 Å². The molecule has 1 unspecified atom stereocenters. The summed E-state index contributed by atoms with van der Waals surface area (Å²) in [7, 11) is 0. The maximum absolute atomic E-state index is 9.78. The molecule has 3 N–H and O–H groups in total. The van der Waals surface area contributed by atoms with Crippen molar-refractivity contribution in [1.29, 1.82) is 0 Å². The second-order valence-corrected chi connectivity index (χ2v) is 4.83. The third-order valence-electron chi connectivity index (χ3n) is 3.08. The van der Waals surface area contributed by atoms with Crippen LogP contribution < -0.4 is 5.32 Å². The van der Waals surface area contributed by atoms with E-state index in [2.05, 4.69) is 5.32 Å². The van der Waals surface area contributed by atoms with Crippen molar-refractivity contribution < 1.29 is 10.2 Å². The molecule has 1 saturated carbocycles. The van der Waals surface area contributed by atoms with Gasteiger partial charge in [0, 0.05) is 12.6 Å². The molecule has 1 fully saturated rings. The Balaban J connectivity index is 2.26. The highest BCUT2D eigenvalue weighted by Crippen LogP contribution is 2.30. The van der Waals surface area contributed by atoms with Crippen LogP contribution >= 0.6 is 0 Å². The SMILES string of the molecule is CC(NCC1(O)CCC1)C(C)(C)O. The lowest BCUT2D eigenvalue weighted by molar-refractivity contribution is -0.0414. The fraction of sp³-hybridized carbons (Fsp3) is 1.00. The maximum atomic E-state index is 9.78. The Hall–Kier alpha value is -0.120. The summed E-state index contributed by atoms with van der Waals surface area (Å²) >= 11 is 0. The van der Waals surface area contributed by atoms with Gasteiger partial charge in [0.15, 0.2) is 0 Å². The first kappa shape index (κ1) is 11.0. The Morgan fingerprint density at radius 1 is 1.46 bits per heavy atom. The summed E-state index contributed by atoms with van der Waals surface area (Å²) in [5.74, 6) is 0. The first-order valence-corrected chi connectivity index (χ1v) is 5.02. The molecule has 1 aliphatic carbocycles. The van der Waals surface area contributed by atoms with Crippen molar-refractivity contribution >= 4 is 0 Å². The number of hydrogen-bond acceptors (Lipinski definition) is 3. The average molecular weight is 187 g/mol. The molecule has 1 atom stereocenters. The lowest BCUT2D eigenvalue weighted by Gasteiger charge is -2.39. The lowest BCUT2D eigenvalue weighted by Crippen LogP contribution is -2.53. The van der Waals surface area contributed by atoms with Crippen LogP contribution in [0.4, 0.5) is 0 Å². The zero-order chi connectivity index (χ0) is 10.1. The van der Waals surface area contributed by atoms with Crippen LogP contribution in [0.5, 0.6) is 0 Å². The number of nitrogens with one attached hydrogen (secondary N) is 1. The highest BCUT2D eigenvalue weighted by molar-refractivity contribution is 4.91. The van der Waals surface area contributed by atoms with E-state index in [9.17, 15) is 10.2 Å². The smallest absolute Gasteiger partial charge is 0.0771 e. The van der Waals surface area contributed by atoms with Gasteiger partial charge in [-0.2, -0.15) is 0 Å². The minimum atomic E-state index is -0.722. The van der Waals surface area contributed by atoms with E-state index in [4.69, 9.17) is 0 Å². The van der Waals surface area contributed by atoms with Crippen molar-refractivity contribution in [2.75, 3.05) is 6.54 Å². The van der Waals surface area contributed by atoms with Crippen LogP contribution in [0.2, 0.25) is 0 Å². The van der Waals surface area contributed by atoms with E-state index >= 15 is 0 Å². The van der Waals surface area contributed by atoms with Gasteiger partial charge in [0.25, 0.3) is 0 Å². The van der Waals surface area contributed by atoms with Gasteiger partial charge in [-0.1, -0.05) is 0 Å². The third-order valence-corrected chi connectivity index (χ3v) is 3.08. The fourth-order valence-electron chi connectivity index (χ4n) is 1.35. The molecule has 78 valence electrons. The first-order chi connectivity index (χ1) is 5.83. The molecule has 0 amide bonds. The Labute approximate surface area is 80.2 Å². The van der Waals surface area contributed by atoms with Crippen LogP contribution in [0.15, 0.2) is 0 Å². The number of aliphatic hydroxyl groups is 2. The molecule has 0 spiro atoms. The Morgan fingerprint density at radius 2 is 2.00 bits per heavy atom. The van der Waals surface area contributed by atoms with Gasteiger partial charge < -0.3 is 15.5 Å². The normalized spacial score (nSPS) is 23.8. The van der Waals surface area contributed by atoms with Gasteiger partial charge in [-0.05, 0) is 40.0 Å². The zero-order valence-corrected chi connectivity index (χ0v) is 8.80. The average Bonchev–Trinajstić information content (AvgIpc) is 1.94. The molecule has 0 aliphatic heterocycles. The summed E-state index contributed by atoms with van der Waals surface area (Å²) in [6.45, 7) is 6.07. The van der Waals surface area contributed by atoms with Crippen LogP contribution in [0.3, 0.4) is 0 Å². The van der Waals surface area contributed by atoms with Gasteiger partial charge in [0.1, 0.15) is 0 Å². The van der Waals surface area contributed by atoms with Crippen molar-refractivity contribution in [3.05, 3.63) is 0 Å². The van der Waals surface area contributed by atoms with E-state index in [1.54, 1.807) is 13.8 Å². The molecular weight excluding hydrogens is 166 g/mol. The van der Waals surface area contributed by atoms with E-state index in [1.165, 1.54) is 0 Å². The monoisotopic (exact) mass is 187 g/mol. The summed E-state index contributed by atoms with van der Waals surface area (Å²) < 4.78 is 0. The summed E-state index contributed by atoms with van der Waals surface area (Å²) in [6, 6.07) is 0.0112. The van der Waals surface area contributed by atoms with Crippen LogP contribution in [0, 0.1) is 0 Å². The summed E-state index contributed by atoms with van der Waals surface area (Å²) in [4.78, 5) is 0. The molecule has 0 bridgehead atoms. The predicted octanol–water partition coefficient (Wildman–Crippen LogP) is 0.650. The van der Waals surface area contributed by atoms with Gasteiger partial charge >= 0.3 is 0 Å². The Morgan fingerprint density at radius 3 is 2.31 bits per heavy atom. The number of hydrogen-bond donors (Lipinski definition) is 3. The first-order valence-electron chi connectivity index (χ1n) is 5.02. The molecular formula is C10H21NO2. The molecule has 13 heavy (non-hydrogen) atoms. The topological polar surface area (TPSA) is 52.5 Å². The second kappa shape index (κ2) is 3.56.